The highest BCUT2D eigenvalue weighted by molar-refractivity contribution is 9.10. The topological polar surface area (TPSA) is 24.4 Å². The van der Waals surface area contributed by atoms with E-state index >= 15 is 0 Å². The number of nitrogens with one attached hydrogen (secondary N) is 1. The molecule has 0 spiro atoms. The van der Waals surface area contributed by atoms with Crippen molar-refractivity contribution in [1.29, 1.82) is 0 Å². The van der Waals surface area contributed by atoms with Crippen LogP contribution in [0.3, 0.4) is 0 Å². The predicted molar refractivity (Wildman–Crippen MR) is 76.7 cm³/mol. The Kier molecular flexibility index (Phi) is 4.16. The normalized spacial score (nSPS) is 20.4. The van der Waals surface area contributed by atoms with Crippen LogP contribution in [0.4, 0.5) is 5.69 Å². The molecule has 2 nitrogen and oxygen atoms in total. The van der Waals surface area contributed by atoms with Gasteiger partial charge in [0.25, 0.3) is 0 Å². The number of benzene rings is 1. The third kappa shape index (κ3) is 3.15. The molecule has 0 saturated heterocycles. The molecule has 2 rings (SSSR count). The smallest absolute Gasteiger partial charge is 0.161 e. The average Bonchev–Trinajstić information content (AvgIpc) is 2.22. The molecule has 0 aliphatic carbocycles. The zero-order chi connectivity index (χ0) is 11.5. The summed E-state index contributed by atoms with van der Waals surface area (Å²) in [5.41, 5.74) is 1.00. The summed E-state index contributed by atoms with van der Waals surface area (Å²) in [6.45, 7) is 2.14. The summed E-state index contributed by atoms with van der Waals surface area (Å²) in [4.78, 5) is 4.56. The van der Waals surface area contributed by atoms with Crippen molar-refractivity contribution in [3.8, 4) is 0 Å². The van der Waals surface area contributed by atoms with E-state index < -0.39 is 0 Å². The third-order valence-electron chi connectivity index (χ3n) is 2.28. The number of thioether (sulfide) groups is 1. The first-order valence-electron chi connectivity index (χ1n) is 5.08. The molecule has 1 aliphatic rings. The minimum atomic E-state index is 0.412. The zero-order valence-corrected chi connectivity index (χ0v) is 12.0. The number of hydrogen-bond donors (Lipinski definition) is 1. The fourth-order valence-electron chi connectivity index (χ4n) is 1.40. The summed E-state index contributed by atoms with van der Waals surface area (Å²) >= 11 is 11.1. The first-order valence-corrected chi connectivity index (χ1v) is 7.23. The fraction of sp³-hybridized carbons (Fsp3) is 0.364. The fourth-order valence-corrected chi connectivity index (χ4v) is 3.27. The molecule has 0 radical (unpaired) electrons. The van der Waals surface area contributed by atoms with Crippen molar-refractivity contribution in [3.05, 3.63) is 27.7 Å². The lowest BCUT2D eigenvalue weighted by Crippen LogP contribution is -2.18. The lowest BCUT2D eigenvalue weighted by Gasteiger charge is -2.18. The quantitative estimate of drug-likeness (QED) is 0.830. The maximum Gasteiger partial charge on any atom is 0.161 e. The van der Waals surface area contributed by atoms with Crippen LogP contribution in [0.2, 0.25) is 5.02 Å². The highest BCUT2D eigenvalue weighted by Crippen LogP contribution is 2.28. The number of rotatable bonds is 1. The van der Waals surface area contributed by atoms with Crippen LogP contribution in [0.5, 0.6) is 0 Å². The van der Waals surface area contributed by atoms with Gasteiger partial charge in [0.05, 0.1) is 11.7 Å². The first kappa shape index (κ1) is 12.3. The molecule has 0 bridgehead atoms. The lowest BCUT2D eigenvalue weighted by molar-refractivity contribution is 0.720. The van der Waals surface area contributed by atoms with E-state index in [1.165, 1.54) is 0 Å². The van der Waals surface area contributed by atoms with Gasteiger partial charge in [0.2, 0.25) is 0 Å². The molecule has 86 valence electrons. The highest BCUT2D eigenvalue weighted by atomic mass is 79.9. The van der Waals surface area contributed by atoms with Crippen LogP contribution in [0.15, 0.2) is 27.7 Å². The largest absolute Gasteiger partial charge is 0.334 e. The van der Waals surface area contributed by atoms with Gasteiger partial charge in [0, 0.05) is 15.2 Å². The molecule has 1 aromatic carbocycles. The van der Waals surface area contributed by atoms with Crippen LogP contribution in [0.1, 0.15) is 13.3 Å². The molecule has 16 heavy (non-hydrogen) atoms. The van der Waals surface area contributed by atoms with Crippen LogP contribution in [-0.4, -0.2) is 17.0 Å². The van der Waals surface area contributed by atoms with Gasteiger partial charge in [-0.1, -0.05) is 23.4 Å². The maximum atomic E-state index is 5.89. The number of halogens is 2. The zero-order valence-electron chi connectivity index (χ0n) is 8.84. The lowest BCUT2D eigenvalue weighted by atomic mass is 10.3. The van der Waals surface area contributed by atoms with Crippen molar-refractivity contribution in [3.63, 3.8) is 0 Å². The van der Waals surface area contributed by atoms with Crippen molar-refractivity contribution in [2.24, 2.45) is 4.99 Å². The van der Waals surface area contributed by atoms with Crippen molar-refractivity contribution in [2.75, 3.05) is 11.1 Å². The maximum absolute atomic E-state index is 5.89. The van der Waals surface area contributed by atoms with E-state index in [2.05, 4.69) is 33.2 Å². The van der Waals surface area contributed by atoms with E-state index in [1.54, 1.807) is 11.8 Å². The van der Waals surface area contributed by atoms with Crippen LogP contribution in [0.25, 0.3) is 0 Å². The third-order valence-corrected chi connectivity index (χ3v) is 4.10. The SMILES string of the molecule is CC1CCSC(Nc2ccc(Cl)cc2Br)=N1. The number of nitrogens with zero attached hydrogens (tertiary/aromatic N) is 1. The van der Waals surface area contributed by atoms with Crippen LogP contribution in [0, 0.1) is 0 Å². The molecule has 5 heteroatoms. The van der Waals surface area contributed by atoms with Crippen molar-refractivity contribution in [1.82, 2.24) is 0 Å². The summed E-state index contributed by atoms with van der Waals surface area (Å²) < 4.78 is 0.960. The Morgan fingerprint density at radius 3 is 3.06 bits per heavy atom. The predicted octanol–water partition coefficient (Wildman–Crippen LogP) is 4.40. The molecule has 1 aromatic rings. The Morgan fingerprint density at radius 1 is 1.56 bits per heavy atom. The van der Waals surface area contributed by atoms with Gasteiger partial charge in [-0.05, 0) is 47.5 Å². The average molecular weight is 320 g/mol. The van der Waals surface area contributed by atoms with Crippen LogP contribution < -0.4 is 5.32 Å². The van der Waals surface area contributed by atoms with Crippen LogP contribution in [-0.2, 0) is 0 Å². The Hall–Kier alpha value is -0.190. The summed E-state index contributed by atoms with van der Waals surface area (Å²) in [6, 6.07) is 6.11. The van der Waals surface area contributed by atoms with Gasteiger partial charge < -0.3 is 5.32 Å². The van der Waals surface area contributed by atoms with E-state index in [0.717, 1.165) is 32.5 Å². The molecule has 1 heterocycles. The second-order valence-corrected chi connectivity index (χ2v) is 6.04. The second-order valence-electron chi connectivity index (χ2n) is 3.67. The Balaban J connectivity index is 2.14. The number of anilines is 1. The highest BCUT2D eigenvalue weighted by Gasteiger charge is 2.12. The first-order chi connectivity index (χ1) is 7.65. The van der Waals surface area contributed by atoms with E-state index in [0.29, 0.717) is 6.04 Å². The minimum absolute atomic E-state index is 0.412. The van der Waals surface area contributed by atoms with Crippen molar-refractivity contribution < 1.29 is 0 Å². The van der Waals surface area contributed by atoms with Gasteiger partial charge in [-0.3, -0.25) is 4.99 Å². The van der Waals surface area contributed by atoms with Gasteiger partial charge in [0.1, 0.15) is 0 Å². The van der Waals surface area contributed by atoms with Crippen molar-refractivity contribution >= 4 is 50.1 Å². The Morgan fingerprint density at radius 2 is 2.38 bits per heavy atom. The molecular weight excluding hydrogens is 308 g/mol. The molecule has 1 atom stereocenters. The summed E-state index contributed by atoms with van der Waals surface area (Å²) in [7, 11) is 0. The number of hydrogen-bond acceptors (Lipinski definition) is 3. The van der Waals surface area contributed by atoms with Gasteiger partial charge in [-0.25, -0.2) is 0 Å². The molecule has 0 saturated carbocycles. The van der Waals surface area contributed by atoms with Gasteiger partial charge in [0.15, 0.2) is 5.17 Å². The van der Waals surface area contributed by atoms with Crippen LogP contribution >= 0.6 is 39.3 Å². The molecular formula is C11H12BrClN2S. The van der Waals surface area contributed by atoms with Gasteiger partial charge in [-0.15, -0.1) is 0 Å². The molecule has 0 fully saturated rings. The summed E-state index contributed by atoms with van der Waals surface area (Å²) in [5.74, 6) is 1.12. The molecule has 1 unspecified atom stereocenters. The Labute approximate surface area is 113 Å². The Bertz CT molecular complexity index is 422. The van der Waals surface area contributed by atoms with E-state index in [4.69, 9.17) is 11.6 Å². The van der Waals surface area contributed by atoms with Gasteiger partial charge >= 0.3 is 0 Å². The minimum Gasteiger partial charge on any atom is -0.334 e. The second kappa shape index (κ2) is 5.43. The van der Waals surface area contributed by atoms with E-state index in [1.807, 2.05) is 18.2 Å². The molecule has 1 aliphatic heterocycles. The standard InChI is InChI=1S/C11H12BrClN2S/c1-7-4-5-16-11(14-7)15-10-3-2-8(13)6-9(10)12/h2-3,6-7H,4-5H2,1H3,(H,14,15). The monoisotopic (exact) mass is 318 g/mol. The van der Waals surface area contributed by atoms with Crippen molar-refractivity contribution in [2.45, 2.75) is 19.4 Å². The molecule has 0 aromatic heterocycles. The van der Waals surface area contributed by atoms with E-state index in [9.17, 15) is 0 Å². The summed E-state index contributed by atoms with van der Waals surface area (Å²) in [6.07, 6.45) is 1.15. The molecule has 1 N–H and O–H groups in total. The molecule has 0 amide bonds. The number of amidine groups is 1. The van der Waals surface area contributed by atoms with Gasteiger partial charge in [-0.2, -0.15) is 0 Å². The van der Waals surface area contributed by atoms with E-state index in [-0.39, 0.29) is 0 Å². The summed E-state index contributed by atoms with van der Waals surface area (Å²) in [5, 5.41) is 5.03. The number of aliphatic imine (C=N–C) groups is 1.